The summed E-state index contributed by atoms with van der Waals surface area (Å²) < 4.78 is 1.27. The van der Waals surface area contributed by atoms with E-state index in [1.165, 1.54) is 41.5 Å². The number of halogens is 2. The van der Waals surface area contributed by atoms with Crippen molar-refractivity contribution in [2.24, 2.45) is 11.8 Å². The van der Waals surface area contributed by atoms with E-state index in [1.807, 2.05) is 0 Å². The maximum atomic E-state index is 3.58. The van der Waals surface area contributed by atoms with Crippen molar-refractivity contribution in [3.8, 4) is 0 Å². The Kier molecular flexibility index (Phi) is 14.5. The molecule has 1 heterocycles. The van der Waals surface area contributed by atoms with Gasteiger partial charge in [-0.25, -0.2) is 0 Å². The first-order valence-electron chi connectivity index (χ1n) is 6.23. The van der Waals surface area contributed by atoms with Gasteiger partial charge in [0, 0.05) is 24.9 Å². The summed E-state index contributed by atoms with van der Waals surface area (Å²) in [5.41, 5.74) is 1.43. The molecule has 0 aliphatic heterocycles. The summed E-state index contributed by atoms with van der Waals surface area (Å²) in [5.74, 6) is 1.71. The maximum Gasteiger partial charge on any atom is 0.0737 e. The zero-order valence-electron chi connectivity index (χ0n) is 11.6. The molecule has 0 aliphatic rings. The van der Waals surface area contributed by atoms with Gasteiger partial charge in [-0.2, -0.15) is 0 Å². The molecule has 0 aromatic carbocycles. The van der Waals surface area contributed by atoms with Crippen molar-refractivity contribution in [2.75, 3.05) is 0 Å². The summed E-state index contributed by atoms with van der Waals surface area (Å²) in [6, 6.07) is 2.12. The Morgan fingerprint density at radius 2 is 1.89 bits per heavy atom. The second kappa shape index (κ2) is 12.1. The molecule has 1 rings (SSSR count). The van der Waals surface area contributed by atoms with Crippen LogP contribution in [0.2, 0.25) is 0 Å². The van der Waals surface area contributed by atoms with Crippen molar-refractivity contribution in [3.05, 3.63) is 20.8 Å². The monoisotopic (exact) mass is 444 g/mol. The Bertz CT molecular complexity index is 300. The average molecular weight is 448 g/mol. The van der Waals surface area contributed by atoms with Crippen molar-refractivity contribution >= 4 is 27.3 Å². The van der Waals surface area contributed by atoms with Gasteiger partial charge >= 0.3 is 0 Å². The quantitative estimate of drug-likeness (QED) is 0.564. The van der Waals surface area contributed by atoms with Crippen molar-refractivity contribution in [3.63, 3.8) is 0 Å². The van der Waals surface area contributed by atoms with Gasteiger partial charge in [-0.3, -0.25) is 0 Å². The van der Waals surface area contributed by atoms with Gasteiger partial charge in [-0.05, 0) is 52.2 Å². The fraction of sp³-hybridized carbons (Fsp3) is 0.714. The molecule has 1 aromatic heterocycles. The summed E-state index contributed by atoms with van der Waals surface area (Å²) in [6.45, 7) is 7.00. The molecule has 0 nitrogen and oxygen atoms in total. The topological polar surface area (TPSA) is 0 Å². The molecular formula is C14H22Br2SZn-. The molecular weight excluding hydrogens is 425 g/mol. The standard InChI is InChI=1S/C14H22BrS.BrH.Zn/c1-11(2)5-4-6-12(3)7-8-13-9-10-16-14(13)15;;/h9,11-12H,4-8H2,1-3H3;1H;/p-1/t12-;;/m0../s1. The third-order valence-electron chi connectivity index (χ3n) is 3.02. The van der Waals surface area contributed by atoms with E-state index in [1.54, 1.807) is 11.3 Å². The van der Waals surface area contributed by atoms with E-state index in [0.29, 0.717) is 0 Å². The minimum absolute atomic E-state index is 0. The first-order valence-corrected chi connectivity index (χ1v) is 7.84. The predicted octanol–water partition coefficient (Wildman–Crippen LogP) is 2.71. The fourth-order valence-corrected chi connectivity index (χ4v) is 3.06. The van der Waals surface area contributed by atoms with Gasteiger partial charge in [0.05, 0.1) is 3.79 Å². The summed E-state index contributed by atoms with van der Waals surface area (Å²) >= 11 is 5.24. The smallest absolute Gasteiger partial charge is 0.0737 e. The van der Waals surface area contributed by atoms with Crippen LogP contribution in [0.3, 0.4) is 0 Å². The number of hydrogen-bond donors (Lipinski definition) is 0. The van der Waals surface area contributed by atoms with E-state index in [2.05, 4.69) is 48.1 Å². The van der Waals surface area contributed by atoms with E-state index in [4.69, 9.17) is 0 Å². The second-order valence-corrected chi connectivity index (χ2v) is 7.30. The average Bonchev–Trinajstić information content (AvgIpc) is 2.60. The number of thiophene rings is 1. The molecule has 0 spiro atoms. The van der Waals surface area contributed by atoms with Crippen LogP contribution in [0, 0.1) is 17.2 Å². The van der Waals surface area contributed by atoms with E-state index >= 15 is 0 Å². The van der Waals surface area contributed by atoms with Crippen molar-refractivity contribution < 1.29 is 36.5 Å². The first kappa shape index (κ1) is 21.6. The summed E-state index contributed by atoms with van der Waals surface area (Å²) in [4.78, 5) is 0. The zero-order valence-corrected chi connectivity index (χ0v) is 18.6. The molecule has 18 heavy (non-hydrogen) atoms. The molecule has 0 aliphatic carbocycles. The largest absolute Gasteiger partial charge is 1.00 e. The van der Waals surface area contributed by atoms with Gasteiger partial charge in [-0.1, -0.05) is 40.0 Å². The van der Waals surface area contributed by atoms with Gasteiger partial charge in [0.25, 0.3) is 0 Å². The Hall–Kier alpha value is 1.28. The van der Waals surface area contributed by atoms with E-state index in [-0.39, 0.29) is 36.5 Å². The number of rotatable bonds is 7. The Morgan fingerprint density at radius 1 is 1.22 bits per heavy atom. The predicted molar refractivity (Wildman–Crippen MR) is 77.0 cm³/mol. The molecule has 0 saturated carbocycles. The van der Waals surface area contributed by atoms with Crippen molar-refractivity contribution in [2.45, 2.75) is 52.9 Å². The Labute approximate surface area is 148 Å². The van der Waals surface area contributed by atoms with Crippen LogP contribution in [-0.4, -0.2) is 0 Å². The van der Waals surface area contributed by atoms with Crippen LogP contribution in [0.5, 0.6) is 0 Å². The molecule has 1 radical (unpaired) electrons. The molecule has 0 N–H and O–H groups in total. The number of hydrogen-bond acceptors (Lipinski definition) is 1. The molecule has 0 saturated heterocycles. The van der Waals surface area contributed by atoms with Crippen LogP contribution in [0.4, 0.5) is 0 Å². The van der Waals surface area contributed by atoms with Crippen LogP contribution in [-0.2, 0) is 25.9 Å². The first-order chi connectivity index (χ1) is 7.59. The molecule has 0 amide bonds. The van der Waals surface area contributed by atoms with E-state index in [0.717, 1.165) is 11.8 Å². The summed E-state index contributed by atoms with van der Waals surface area (Å²) in [7, 11) is 0. The molecule has 1 atom stereocenters. The van der Waals surface area contributed by atoms with E-state index in [9.17, 15) is 0 Å². The zero-order chi connectivity index (χ0) is 12.0. The minimum atomic E-state index is 0. The van der Waals surface area contributed by atoms with Crippen molar-refractivity contribution in [1.29, 1.82) is 0 Å². The molecule has 4 heteroatoms. The van der Waals surface area contributed by atoms with Crippen LogP contribution in [0.1, 0.15) is 52.0 Å². The van der Waals surface area contributed by atoms with Crippen LogP contribution < -0.4 is 17.0 Å². The third kappa shape index (κ3) is 9.23. The third-order valence-corrected chi connectivity index (χ3v) is 4.69. The minimum Gasteiger partial charge on any atom is -1.00 e. The van der Waals surface area contributed by atoms with Gasteiger partial charge < -0.3 is 17.0 Å². The SMILES string of the molecule is CC(C)CCC[C@H](C)CCc1c[c]sc1Br.[Br-].[Zn]. The Morgan fingerprint density at radius 3 is 2.39 bits per heavy atom. The van der Waals surface area contributed by atoms with Crippen LogP contribution in [0.25, 0.3) is 0 Å². The van der Waals surface area contributed by atoms with Crippen molar-refractivity contribution in [1.82, 2.24) is 0 Å². The second-order valence-electron chi connectivity index (χ2n) is 5.13. The van der Waals surface area contributed by atoms with Gasteiger partial charge in [0.15, 0.2) is 0 Å². The summed E-state index contributed by atoms with van der Waals surface area (Å²) in [6.07, 6.45) is 6.64. The van der Waals surface area contributed by atoms with Crippen LogP contribution in [0.15, 0.2) is 9.85 Å². The Balaban J connectivity index is 0. The maximum absolute atomic E-state index is 3.58. The van der Waals surface area contributed by atoms with Gasteiger partial charge in [-0.15, -0.1) is 11.3 Å². The summed E-state index contributed by atoms with van der Waals surface area (Å²) in [5, 5.41) is 3.17. The van der Waals surface area contributed by atoms with E-state index < -0.39 is 0 Å². The van der Waals surface area contributed by atoms with Crippen LogP contribution >= 0.6 is 27.3 Å². The molecule has 0 fully saturated rings. The number of aryl methyl sites for hydroxylation is 1. The molecule has 1 aromatic rings. The normalized spacial score (nSPS) is 11.8. The fourth-order valence-electron chi connectivity index (χ4n) is 1.87. The molecule has 0 bridgehead atoms. The van der Waals surface area contributed by atoms with Gasteiger partial charge in [0.1, 0.15) is 0 Å². The van der Waals surface area contributed by atoms with Gasteiger partial charge in [0.2, 0.25) is 0 Å². The molecule has 0 unspecified atom stereocenters. The molecule has 101 valence electrons.